The lowest BCUT2D eigenvalue weighted by atomic mass is 9.43. The number of carbonyl (C=O) groups excluding carboxylic acids is 1. The molecule has 3 nitrogen and oxygen atoms in total. The lowest BCUT2D eigenvalue weighted by Gasteiger charge is -2.61. The number of rotatable bonds is 4. The van der Waals surface area contributed by atoms with Crippen LogP contribution in [-0.2, 0) is 21.4 Å². The molecule has 0 heterocycles. The van der Waals surface area contributed by atoms with Crippen LogP contribution < -0.4 is 4.74 Å². The number of carbonyl (C=O) groups is 1. The van der Waals surface area contributed by atoms with Crippen LogP contribution in [0, 0.1) is 29.6 Å². The highest BCUT2D eigenvalue weighted by atomic mass is 16.5. The lowest BCUT2D eigenvalue weighted by Crippen LogP contribution is -2.55. The Hall–Kier alpha value is -1.35. The number of benzene rings is 1. The average molecular weight is 399 g/mol. The first kappa shape index (κ1) is 20.9. The second kappa shape index (κ2) is 7.11. The van der Waals surface area contributed by atoms with E-state index in [0.29, 0.717) is 35.5 Å². The van der Waals surface area contributed by atoms with Gasteiger partial charge in [0.2, 0.25) is 0 Å². The predicted octanol–water partition coefficient (Wildman–Crippen LogP) is 5.99. The molecule has 0 N–H and O–H groups in total. The Kier molecular flexibility index (Phi) is 5.13. The Morgan fingerprint density at radius 2 is 1.86 bits per heavy atom. The first-order chi connectivity index (χ1) is 13.6. The van der Waals surface area contributed by atoms with Gasteiger partial charge in [0.05, 0.1) is 13.0 Å². The molecule has 0 radical (unpaired) electrons. The van der Waals surface area contributed by atoms with E-state index in [2.05, 4.69) is 46.8 Å². The van der Waals surface area contributed by atoms with Crippen LogP contribution in [0.15, 0.2) is 12.1 Å². The first-order valence-electron chi connectivity index (χ1n) is 11.5. The summed E-state index contributed by atoms with van der Waals surface area (Å²) in [4.78, 5) is 12.1. The van der Waals surface area contributed by atoms with Crippen molar-refractivity contribution in [1.82, 2.24) is 0 Å². The van der Waals surface area contributed by atoms with Crippen LogP contribution in [0.3, 0.4) is 0 Å². The van der Waals surface area contributed by atoms with Crippen molar-refractivity contribution >= 4 is 5.97 Å². The summed E-state index contributed by atoms with van der Waals surface area (Å²) >= 11 is 0. The molecule has 0 aliphatic heterocycles. The van der Waals surface area contributed by atoms with E-state index in [1.807, 2.05) is 0 Å². The van der Waals surface area contributed by atoms with Crippen molar-refractivity contribution in [3.05, 3.63) is 28.8 Å². The average Bonchev–Trinajstić information content (AvgIpc) is 2.93. The predicted molar refractivity (Wildman–Crippen MR) is 116 cm³/mol. The van der Waals surface area contributed by atoms with Gasteiger partial charge in [0.25, 0.3) is 0 Å². The maximum atomic E-state index is 12.1. The van der Waals surface area contributed by atoms with Gasteiger partial charge in [-0.05, 0) is 95.9 Å². The van der Waals surface area contributed by atoms with Crippen LogP contribution in [-0.4, -0.2) is 19.7 Å². The van der Waals surface area contributed by atoms with Crippen molar-refractivity contribution in [1.29, 1.82) is 0 Å². The normalized spacial score (nSPS) is 34.8. The quantitative estimate of drug-likeness (QED) is 0.461. The van der Waals surface area contributed by atoms with Crippen LogP contribution in [0.1, 0.15) is 82.9 Å². The summed E-state index contributed by atoms with van der Waals surface area (Å²) < 4.78 is 10.7. The first-order valence-corrected chi connectivity index (χ1v) is 11.5. The second-order valence-corrected chi connectivity index (χ2v) is 11.1. The largest absolute Gasteiger partial charge is 0.426 e. The highest BCUT2D eigenvalue weighted by Crippen LogP contribution is 2.67. The van der Waals surface area contributed by atoms with Crippen molar-refractivity contribution in [3.8, 4) is 5.75 Å². The standard InChI is InChI=1S/C26H38O3/c1-17-14-19(29-22(27)9-13-28-6)15-18-16-21-25(4)11-7-10-24(2,3)20(25)8-12-26(21,5)23(17)18/h14-15,20-21H,7-13,16H2,1-6H3/t20?,21-,25+,26?/m1/s1. The molecule has 1 aromatic rings. The summed E-state index contributed by atoms with van der Waals surface area (Å²) in [6, 6.07) is 4.24. The van der Waals surface area contributed by atoms with Crippen molar-refractivity contribution in [2.75, 3.05) is 13.7 Å². The summed E-state index contributed by atoms with van der Waals surface area (Å²) in [7, 11) is 1.61. The summed E-state index contributed by atoms with van der Waals surface area (Å²) in [5.74, 6) is 1.98. The number of ether oxygens (including phenoxy) is 2. The summed E-state index contributed by atoms with van der Waals surface area (Å²) in [6.07, 6.45) is 8.11. The zero-order chi connectivity index (χ0) is 21.0. The Morgan fingerprint density at radius 3 is 2.59 bits per heavy atom. The van der Waals surface area contributed by atoms with E-state index in [1.54, 1.807) is 12.7 Å². The fraction of sp³-hybridized carbons (Fsp3) is 0.731. The van der Waals surface area contributed by atoms with E-state index in [4.69, 9.17) is 9.47 Å². The van der Waals surface area contributed by atoms with Crippen LogP contribution in [0.2, 0.25) is 0 Å². The van der Waals surface area contributed by atoms with E-state index in [-0.39, 0.29) is 11.4 Å². The molecule has 2 fully saturated rings. The molecule has 4 rings (SSSR count). The molecule has 2 saturated carbocycles. The topological polar surface area (TPSA) is 35.5 Å². The maximum Gasteiger partial charge on any atom is 0.313 e. The van der Waals surface area contributed by atoms with Gasteiger partial charge >= 0.3 is 5.97 Å². The molecule has 0 bridgehead atoms. The monoisotopic (exact) mass is 398 g/mol. The maximum absolute atomic E-state index is 12.1. The van der Waals surface area contributed by atoms with E-state index < -0.39 is 0 Å². The van der Waals surface area contributed by atoms with Gasteiger partial charge in [0.15, 0.2) is 0 Å². The molecule has 1 aromatic carbocycles. The van der Waals surface area contributed by atoms with Gasteiger partial charge in [-0.1, -0.05) is 34.1 Å². The van der Waals surface area contributed by atoms with E-state index in [9.17, 15) is 4.79 Å². The molecular formula is C26H38O3. The number of aryl methyl sites for hydroxylation is 1. The number of fused-ring (bicyclic) bond motifs is 5. The SMILES string of the molecule is COCCC(=O)Oc1cc(C)c2c(c1)C[C@H]1C2(C)CCC2C(C)(C)CCC[C@@]21C. The van der Waals surface area contributed by atoms with Crippen molar-refractivity contribution in [2.24, 2.45) is 22.7 Å². The minimum atomic E-state index is -0.214. The highest BCUT2D eigenvalue weighted by Gasteiger charge is 2.61. The van der Waals surface area contributed by atoms with Crippen LogP contribution in [0.25, 0.3) is 0 Å². The molecule has 29 heavy (non-hydrogen) atoms. The molecule has 2 unspecified atom stereocenters. The zero-order valence-electron chi connectivity index (χ0n) is 19.2. The van der Waals surface area contributed by atoms with Gasteiger partial charge < -0.3 is 9.47 Å². The Labute approximate surface area is 176 Å². The van der Waals surface area contributed by atoms with E-state index in [0.717, 1.165) is 12.3 Å². The minimum absolute atomic E-state index is 0.214. The Bertz CT molecular complexity index is 810. The van der Waals surface area contributed by atoms with Gasteiger partial charge in [-0.15, -0.1) is 0 Å². The van der Waals surface area contributed by atoms with Gasteiger partial charge in [-0.2, -0.15) is 0 Å². The van der Waals surface area contributed by atoms with Crippen molar-refractivity contribution in [3.63, 3.8) is 0 Å². The second-order valence-electron chi connectivity index (χ2n) is 11.1. The van der Waals surface area contributed by atoms with E-state index >= 15 is 0 Å². The van der Waals surface area contributed by atoms with Crippen LogP contribution >= 0.6 is 0 Å². The molecule has 0 spiro atoms. The van der Waals surface area contributed by atoms with Gasteiger partial charge in [-0.25, -0.2) is 0 Å². The Balaban J connectivity index is 1.67. The van der Waals surface area contributed by atoms with Crippen molar-refractivity contribution in [2.45, 2.75) is 85.0 Å². The zero-order valence-corrected chi connectivity index (χ0v) is 19.2. The van der Waals surface area contributed by atoms with Gasteiger partial charge in [0.1, 0.15) is 5.75 Å². The minimum Gasteiger partial charge on any atom is -0.426 e. The third-order valence-electron chi connectivity index (χ3n) is 8.92. The molecular weight excluding hydrogens is 360 g/mol. The molecule has 3 aliphatic carbocycles. The summed E-state index contributed by atoms with van der Waals surface area (Å²) in [5.41, 5.74) is 5.34. The molecule has 3 heteroatoms. The molecule has 160 valence electrons. The van der Waals surface area contributed by atoms with Crippen molar-refractivity contribution < 1.29 is 14.3 Å². The number of hydrogen-bond acceptors (Lipinski definition) is 3. The third-order valence-corrected chi connectivity index (χ3v) is 8.92. The lowest BCUT2D eigenvalue weighted by molar-refractivity contribution is -0.135. The van der Waals surface area contributed by atoms with Crippen LogP contribution in [0.4, 0.5) is 0 Å². The number of esters is 1. The van der Waals surface area contributed by atoms with Gasteiger partial charge in [-0.3, -0.25) is 4.79 Å². The molecule has 0 saturated heterocycles. The van der Waals surface area contributed by atoms with Gasteiger partial charge in [0, 0.05) is 7.11 Å². The molecule has 0 amide bonds. The third kappa shape index (κ3) is 3.24. The molecule has 3 aliphatic rings. The molecule has 4 atom stereocenters. The fourth-order valence-corrected chi connectivity index (χ4v) is 7.86. The molecule has 0 aromatic heterocycles. The number of hydrogen-bond donors (Lipinski definition) is 0. The number of methoxy groups -OCH3 is 1. The fourth-order valence-electron chi connectivity index (χ4n) is 7.86. The summed E-state index contributed by atoms with van der Waals surface area (Å²) in [6.45, 7) is 12.7. The smallest absolute Gasteiger partial charge is 0.313 e. The Morgan fingerprint density at radius 1 is 1.10 bits per heavy atom. The highest BCUT2D eigenvalue weighted by molar-refractivity contribution is 5.72. The van der Waals surface area contributed by atoms with E-state index in [1.165, 1.54) is 43.2 Å². The summed E-state index contributed by atoms with van der Waals surface area (Å²) in [5, 5.41) is 0. The van der Waals surface area contributed by atoms with Crippen LogP contribution in [0.5, 0.6) is 5.75 Å².